The molecule has 1 aliphatic carbocycles. The van der Waals surface area contributed by atoms with E-state index < -0.39 is 0 Å². The second kappa shape index (κ2) is 6.98. The van der Waals surface area contributed by atoms with Gasteiger partial charge < -0.3 is 9.32 Å². The molecule has 0 aromatic carbocycles. The molecular formula is C17H23N3O3. The lowest BCUT2D eigenvalue weighted by Crippen LogP contribution is -2.31. The highest BCUT2D eigenvalue weighted by Gasteiger charge is 2.34. The molecule has 1 aromatic rings. The number of carbonyl (C=O) groups excluding carboxylic acids is 2. The minimum absolute atomic E-state index is 0.0134. The van der Waals surface area contributed by atoms with Crippen LogP contribution in [0.2, 0.25) is 0 Å². The van der Waals surface area contributed by atoms with Crippen molar-refractivity contribution in [1.82, 2.24) is 10.3 Å². The number of hydrogen-bond acceptors (Lipinski definition) is 4. The summed E-state index contributed by atoms with van der Waals surface area (Å²) in [6.45, 7) is 3.05. The molecule has 3 rings (SSSR count). The molecule has 23 heavy (non-hydrogen) atoms. The molecule has 0 radical (unpaired) electrons. The standard InChI is InChI=1S/C17H23N3O3/c1-12-4-2-5-14(8-12)18-19-17(22)13-9-16(21)20(10-13)11-15-6-3-7-23-15/h3,6-7,12-13H,2,4-5,8-11H2,1H3,(H,19,22)/b18-14+. The van der Waals surface area contributed by atoms with Crippen molar-refractivity contribution in [3.05, 3.63) is 24.2 Å². The van der Waals surface area contributed by atoms with Crippen molar-refractivity contribution in [2.24, 2.45) is 16.9 Å². The van der Waals surface area contributed by atoms with Crippen LogP contribution < -0.4 is 5.43 Å². The maximum absolute atomic E-state index is 12.2. The molecule has 1 N–H and O–H groups in total. The number of rotatable bonds is 4. The number of nitrogens with zero attached hydrogens (tertiary/aromatic N) is 2. The number of amides is 2. The quantitative estimate of drug-likeness (QED) is 0.866. The molecule has 6 heteroatoms. The van der Waals surface area contributed by atoms with Crippen molar-refractivity contribution >= 4 is 17.5 Å². The monoisotopic (exact) mass is 317 g/mol. The van der Waals surface area contributed by atoms with Crippen LogP contribution in [-0.4, -0.2) is 29.0 Å². The third kappa shape index (κ3) is 4.00. The Kier molecular flexibility index (Phi) is 4.79. The Morgan fingerprint density at radius 3 is 3.09 bits per heavy atom. The van der Waals surface area contributed by atoms with E-state index in [9.17, 15) is 9.59 Å². The van der Waals surface area contributed by atoms with Crippen molar-refractivity contribution in [3.63, 3.8) is 0 Å². The third-order valence-electron chi connectivity index (χ3n) is 4.58. The van der Waals surface area contributed by atoms with Crippen molar-refractivity contribution in [2.45, 2.75) is 45.6 Å². The van der Waals surface area contributed by atoms with Crippen LogP contribution in [0, 0.1) is 11.8 Å². The van der Waals surface area contributed by atoms with E-state index in [1.165, 1.54) is 6.42 Å². The lowest BCUT2D eigenvalue weighted by molar-refractivity contribution is -0.129. The summed E-state index contributed by atoms with van der Waals surface area (Å²) in [5, 5.41) is 4.27. The van der Waals surface area contributed by atoms with Crippen LogP contribution in [0.25, 0.3) is 0 Å². The highest BCUT2D eigenvalue weighted by atomic mass is 16.3. The normalized spacial score (nSPS) is 26.7. The zero-order valence-corrected chi connectivity index (χ0v) is 13.5. The summed E-state index contributed by atoms with van der Waals surface area (Å²) in [7, 11) is 0. The maximum atomic E-state index is 12.2. The van der Waals surface area contributed by atoms with Gasteiger partial charge in [0.25, 0.3) is 0 Å². The highest BCUT2D eigenvalue weighted by Crippen LogP contribution is 2.22. The fourth-order valence-corrected chi connectivity index (χ4v) is 3.28. The number of hydrazone groups is 1. The Morgan fingerprint density at radius 2 is 2.35 bits per heavy atom. The first kappa shape index (κ1) is 15.8. The van der Waals surface area contributed by atoms with Gasteiger partial charge in [-0.25, -0.2) is 5.43 Å². The summed E-state index contributed by atoms with van der Waals surface area (Å²) in [6.07, 6.45) is 6.10. The fourth-order valence-electron chi connectivity index (χ4n) is 3.28. The van der Waals surface area contributed by atoms with Crippen LogP contribution >= 0.6 is 0 Å². The molecular weight excluding hydrogens is 294 g/mol. The van der Waals surface area contributed by atoms with Gasteiger partial charge in [-0.2, -0.15) is 5.10 Å². The van der Waals surface area contributed by atoms with Gasteiger partial charge in [0.05, 0.1) is 18.7 Å². The Hall–Kier alpha value is -2.11. The van der Waals surface area contributed by atoms with Crippen molar-refractivity contribution in [1.29, 1.82) is 0 Å². The molecule has 2 amide bonds. The Balaban J connectivity index is 1.52. The minimum atomic E-state index is -0.331. The fraction of sp³-hybridized carbons (Fsp3) is 0.588. The van der Waals surface area contributed by atoms with Crippen LogP contribution in [0.4, 0.5) is 0 Å². The lowest BCUT2D eigenvalue weighted by atomic mass is 9.89. The molecule has 1 saturated carbocycles. The Morgan fingerprint density at radius 1 is 1.48 bits per heavy atom. The average Bonchev–Trinajstić information content (AvgIpc) is 3.16. The number of hydrogen-bond donors (Lipinski definition) is 1. The van der Waals surface area contributed by atoms with E-state index in [0.717, 1.165) is 30.7 Å². The number of furan rings is 1. The predicted octanol–water partition coefficient (Wildman–Crippen LogP) is 2.31. The zero-order chi connectivity index (χ0) is 16.2. The van der Waals surface area contributed by atoms with Gasteiger partial charge >= 0.3 is 0 Å². The van der Waals surface area contributed by atoms with E-state index in [4.69, 9.17) is 4.42 Å². The summed E-state index contributed by atoms with van der Waals surface area (Å²) in [5.41, 5.74) is 3.73. The van der Waals surface area contributed by atoms with Crippen LogP contribution in [0.15, 0.2) is 27.9 Å². The molecule has 0 spiro atoms. The molecule has 2 unspecified atom stereocenters. The summed E-state index contributed by atoms with van der Waals surface area (Å²) < 4.78 is 5.26. The van der Waals surface area contributed by atoms with E-state index in [-0.39, 0.29) is 24.2 Å². The molecule has 1 aliphatic heterocycles. The second-order valence-electron chi connectivity index (χ2n) is 6.61. The van der Waals surface area contributed by atoms with Crippen LogP contribution in [0.1, 0.15) is 44.8 Å². The van der Waals surface area contributed by atoms with Gasteiger partial charge in [-0.1, -0.05) is 6.92 Å². The summed E-state index contributed by atoms with van der Waals surface area (Å²) in [5.74, 6) is 0.862. The van der Waals surface area contributed by atoms with Crippen LogP contribution in [0.3, 0.4) is 0 Å². The Bertz CT molecular complexity index is 594. The molecule has 2 atom stereocenters. The SMILES string of the molecule is CC1CCC/C(=N\NC(=O)C2CC(=O)N(Cc3ccco3)C2)C1. The van der Waals surface area contributed by atoms with Gasteiger partial charge in [0.15, 0.2) is 0 Å². The van der Waals surface area contributed by atoms with Crippen LogP contribution in [-0.2, 0) is 16.1 Å². The van der Waals surface area contributed by atoms with E-state index in [0.29, 0.717) is 19.0 Å². The van der Waals surface area contributed by atoms with Crippen LogP contribution in [0.5, 0.6) is 0 Å². The van der Waals surface area contributed by atoms with Gasteiger partial charge in [0.2, 0.25) is 11.8 Å². The maximum Gasteiger partial charge on any atom is 0.245 e. The van der Waals surface area contributed by atoms with E-state index in [1.807, 2.05) is 6.07 Å². The van der Waals surface area contributed by atoms with Gasteiger partial charge in [-0.05, 0) is 43.7 Å². The van der Waals surface area contributed by atoms with Gasteiger partial charge in [-0.3, -0.25) is 9.59 Å². The van der Waals surface area contributed by atoms with E-state index in [2.05, 4.69) is 17.5 Å². The lowest BCUT2D eigenvalue weighted by Gasteiger charge is -2.19. The molecule has 0 bridgehead atoms. The van der Waals surface area contributed by atoms with Gasteiger partial charge in [0, 0.05) is 18.7 Å². The first-order valence-electron chi connectivity index (χ1n) is 8.27. The molecule has 6 nitrogen and oxygen atoms in total. The predicted molar refractivity (Wildman–Crippen MR) is 85.4 cm³/mol. The topological polar surface area (TPSA) is 74.9 Å². The van der Waals surface area contributed by atoms with Crippen molar-refractivity contribution < 1.29 is 14.0 Å². The number of nitrogens with one attached hydrogen (secondary N) is 1. The minimum Gasteiger partial charge on any atom is -0.467 e. The third-order valence-corrected chi connectivity index (χ3v) is 4.58. The van der Waals surface area contributed by atoms with Gasteiger partial charge in [0.1, 0.15) is 5.76 Å². The first-order chi connectivity index (χ1) is 11.1. The summed E-state index contributed by atoms with van der Waals surface area (Å²) in [6, 6.07) is 3.62. The van der Waals surface area contributed by atoms with E-state index >= 15 is 0 Å². The molecule has 2 fully saturated rings. The highest BCUT2D eigenvalue weighted by molar-refractivity contribution is 5.91. The summed E-state index contributed by atoms with van der Waals surface area (Å²) >= 11 is 0. The molecule has 2 heterocycles. The van der Waals surface area contributed by atoms with Crippen molar-refractivity contribution in [3.8, 4) is 0 Å². The zero-order valence-electron chi connectivity index (χ0n) is 13.5. The largest absolute Gasteiger partial charge is 0.467 e. The van der Waals surface area contributed by atoms with E-state index in [1.54, 1.807) is 17.2 Å². The molecule has 2 aliphatic rings. The first-order valence-corrected chi connectivity index (χ1v) is 8.27. The molecule has 1 aromatic heterocycles. The van der Waals surface area contributed by atoms with Gasteiger partial charge in [-0.15, -0.1) is 0 Å². The molecule has 124 valence electrons. The summed E-state index contributed by atoms with van der Waals surface area (Å²) in [4.78, 5) is 25.9. The second-order valence-corrected chi connectivity index (χ2v) is 6.61. The van der Waals surface area contributed by atoms with Crippen molar-refractivity contribution in [2.75, 3.05) is 6.54 Å². The smallest absolute Gasteiger partial charge is 0.245 e. The number of likely N-dealkylation sites (tertiary alicyclic amines) is 1. The average molecular weight is 317 g/mol. The number of carbonyl (C=O) groups is 2. The molecule has 1 saturated heterocycles. The Labute approximate surface area is 135 Å².